The van der Waals surface area contributed by atoms with E-state index in [1.165, 1.54) is 53.5 Å². The molecule has 1 heterocycles. The summed E-state index contributed by atoms with van der Waals surface area (Å²) in [6, 6.07) is 1.98. The lowest BCUT2D eigenvalue weighted by molar-refractivity contribution is 0.112. The quantitative estimate of drug-likeness (QED) is 0.137. The van der Waals surface area contributed by atoms with Crippen LogP contribution < -0.4 is 0 Å². The Morgan fingerprint density at radius 1 is 1.18 bits per heavy atom. The molecule has 3 rings (SSSR count). The van der Waals surface area contributed by atoms with Crippen molar-refractivity contribution in [3.05, 3.63) is 107 Å². The Balaban J connectivity index is 0.000000953. The summed E-state index contributed by atoms with van der Waals surface area (Å²) in [7, 11) is 0. The number of carbonyl (C=O) groups is 1. The van der Waals surface area contributed by atoms with E-state index in [2.05, 4.69) is 89.2 Å². The maximum absolute atomic E-state index is 11.7. The van der Waals surface area contributed by atoms with Gasteiger partial charge in [0.25, 0.3) is 0 Å². The van der Waals surface area contributed by atoms with Gasteiger partial charge in [-0.25, -0.2) is 0 Å². The Kier molecular flexibility index (Phi) is 14.5. The van der Waals surface area contributed by atoms with Crippen molar-refractivity contribution in [2.75, 3.05) is 0 Å². The summed E-state index contributed by atoms with van der Waals surface area (Å²) in [6.07, 6.45) is 29.1. The van der Waals surface area contributed by atoms with Gasteiger partial charge in [-0.05, 0) is 99.3 Å². The standard InChI is InChI=1S/C32H43NO.C5H8/c1-6-11-26(5)22-27(12-7-2)15-9-14-25(4)18-19-28(13-8-3)32(29-16-10-17-29)31-20-21-33-23-30(31)24-34;1-4-3-5(4)2/h7,12-13,18-24,26H,4,6,8-11,14-17H2,1-3,5H3;5H,1,3H2,2H3/b12-7-,19-18-,27-22+,28-13+;. The number of aldehydes is 1. The van der Waals surface area contributed by atoms with Gasteiger partial charge in [0, 0.05) is 18.0 Å². The van der Waals surface area contributed by atoms with Gasteiger partial charge in [0.1, 0.15) is 0 Å². The molecule has 2 unspecified atom stereocenters. The minimum Gasteiger partial charge on any atom is -0.298 e. The lowest BCUT2D eigenvalue weighted by Gasteiger charge is -2.24. The van der Waals surface area contributed by atoms with Crippen LogP contribution in [0.4, 0.5) is 0 Å². The second-order valence-electron chi connectivity index (χ2n) is 11.1. The molecule has 0 saturated heterocycles. The predicted molar refractivity (Wildman–Crippen MR) is 171 cm³/mol. The highest BCUT2D eigenvalue weighted by Gasteiger charge is 2.20. The zero-order valence-corrected chi connectivity index (χ0v) is 25.3. The number of rotatable bonds is 14. The van der Waals surface area contributed by atoms with Gasteiger partial charge in [0.05, 0.1) is 0 Å². The van der Waals surface area contributed by atoms with Gasteiger partial charge in [-0.2, -0.15) is 0 Å². The summed E-state index contributed by atoms with van der Waals surface area (Å²) in [5, 5.41) is 0. The summed E-state index contributed by atoms with van der Waals surface area (Å²) >= 11 is 0. The minimum absolute atomic E-state index is 0.628. The molecule has 0 amide bonds. The molecule has 2 fully saturated rings. The lowest BCUT2D eigenvalue weighted by Crippen LogP contribution is -2.05. The predicted octanol–water partition coefficient (Wildman–Crippen LogP) is 11.0. The summed E-state index contributed by atoms with van der Waals surface area (Å²) in [5.41, 5.74) is 9.50. The lowest BCUT2D eigenvalue weighted by atomic mass is 9.80. The fourth-order valence-electron chi connectivity index (χ4n) is 4.84. The van der Waals surface area contributed by atoms with E-state index >= 15 is 0 Å². The van der Waals surface area contributed by atoms with Crippen LogP contribution in [0.15, 0.2) is 95.9 Å². The number of hydrogen-bond donors (Lipinski definition) is 0. The maximum atomic E-state index is 11.7. The largest absolute Gasteiger partial charge is 0.298 e. The van der Waals surface area contributed by atoms with Gasteiger partial charge in [0.2, 0.25) is 0 Å². The third-order valence-electron chi connectivity index (χ3n) is 7.46. The molecule has 0 radical (unpaired) electrons. The van der Waals surface area contributed by atoms with Crippen LogP contribution in [0.25, 0.3) is 5.57 Å². The van der Waals surface area contributed by atoms with Gasteiger partial charge in [-0.1, -0.05) is 106 Å². The van der Waals surface area contributed by atoms with E-state index < -0.39 is 0 Å². The van der Waals surface area contributed by atoms with Crippen molar-refractivity contribution in [2.24, 2.45) is 11.8 Å². The number of allylic oxidation sites excluding steroid dienone is 12. The molecule has 210 valence electrons. The summed E-state index contributed by atoms with van der Waals surface area (Å²) < 4.78 is 0. The Bertz CT molecular complexity index is 1120. The van der Waals surface area contributed by atoms with Gasteiger partial charge < -0.3 is 0 Å². The molecule has 39 heavy (non-hydrogen) atoms. The molecule has 2 aliphatic carbocycles. The van der Waals surface area contributed by atoms with Crippen LogP contribution in [-0.4, -0.2) is 11.3 Å². The first kappa shape index (κ1) is 32.2. The maximum Gasteiger partial charge on any atom is 0.152 e. The number of hydrogen-bond acceptors (Lipinski definition) is 2. The molecular weight excluding hydrogens is 474 g/mol. The monoisotopic (exact) mass is 525 g/mol. The van der Waals surface area contributed by atoms with Crippen LogP contribution in [0.2, 0.25) is 0 Å². The topological polar surface area (TPSA) is 30.0 Å². The average Bonchev–Trinajstić information content (AvgIpc) is 3.55. The zero-order chi connectivity index (χ0) is 28.6. The van der Waals surface area contributed by atoms with Crippen molar-refractivity contribution in [3.8, 4) is 0 Å². The smallest absolute Gasteiger partial charge is 0.152 e. The van der Waals surface area contributed by atoms with Crippen molar-refractivity contribution in [2.45, 2.75) is 98.8 Å². The van der Waals surface area contributed by atoms with E-state index in [9.17, 15) is 4.79 Å². The third kappa shape index (κ3) is 11.3. The Labute approximate surface area is 239 Å². The molecule has 0 aromatic carbocycles. The van der Waals surface area contributed by atoms with E-state index in [4.69, 9.17) is 0 Å². The van der Waals surface area contributed by atoms with Crippen LogP contribution in [0.3, 0.4) is 0 Å². The number of pyridine rings is 1. The zero-order valence-electron chi connectivity index (χ0n) is 25.3. The van der Waals surface area contributed by atoms with Crippen LogP contribution in [-0.2, 0) is 0 Å². The molecular formula is C37H51NO. The number of carbonyl (C=O) groups excluding carboxylic acids is 1. The van der Waals surface area contributed by atoms with Crippen LogP contribution in [0, 0.1) is 11.8 Å². The Morgan fingerprint density at radius 3 is 2.44 bits per heavy atom. The number of nitrogens with zero attached hydrogens (tertiary/aromatic N) is 1. The molecule has 0 bridgehead atoms. The third-order valence-corrected chi connectivity index (χ3v) is 7.46. The second-order valence-corrected chi connectivity index (χ2v) is 11.1. The molecule has 0 N–H and O–H groups in total. The van der Waals surface area contributed by atoms with Gasteiger partial charge in [-0.3, -0.25) is 9.78 Å². The van der Waals surface area contributed by atoms with Crippen molar-refractivity contribution in [1.29, 1.82) is 0 Å². The molecule has 2 atom stereocenters. The van der Waals surface area contributed by atoms with E-state index in [-0.39, 0.29) is 0 Å². The highest BCUT2D eigenvalue weighted by atomic mass is 16.1. The van der Waals surface area contributed by atoms with E-state index in [0.29, 0.717) is 11.5 Å². The molecule has 0 spiro atoms. The highest BCUT2D eigenvalue weighted by molar-refractivity contribution is 5.93. The van der Waals surface area contributed by atoms with E-state index in [0.717, 1.165) is 61.9 Å². The molecule has 2 aliphatic rings. The van der Waals surface area contributed by atoms with Gasteiger partial charge in [-0.15, -0.1) is 0 Å². The van der Waals surface area contributed by atoms with Crippen molar-refractivity contribution in [3.63, 3.8) is 0 Å². The SMILES string of the molecule is C=C(/C=C\C(=C/CC)C(=C1CCC1)c1ccncc1C=O)CCCC(/C=C\C)=C/C(C)CCC.C=C1CC1C. The normalized spacial score (nSPS) is 18.0. The molecule has 1 aromatic rings. The highest BCUT2D eigenvalue weighted by Crippen LogP contribution is 2.39. The second kappa shape index (κ2) is 17.6. The summed E-state index contributed by atoms with van der Waals surface area (Å²) in [4.78, 5) is 15.9. The molecule has 1 aromatic heterocycles. The number of aromatic nitrogens is 1. The van der Waals surface area contributed by atoms with Crippen LogP contribution >= 0.6 is 0 Å². The Morgan fingerprint density at radius 2 is 1.90 bits per heavy atom. The summed E-state index contributed by atoms with van der Waals surface area (Å²) in [5.74, 6) is 1.48. The minimum atomic E-state index is 0.628. The van der Waals surface area contributed by atoms with E-state index in [1.54, 1.807) is 12.4 Å². The molecule has 0 aliphatic heterocycles. The van der Waals surface area contributed by atoms with Crippen molar-refractivity contribution in [1.82, 2.24) is 4.98 Å². The first-order chi connectivity index (χ1) is 18.8. The Hall–Kier alpha value is -3.00. The first-order valence-electron chi connectivity index (χ1n) is 15.0. The van der Waals surface area contributed by atoms with Crippen molar-refractivity contribution < 1.29 is 4.79 Å². The van der Waals surface area contributed by atoms with Crippen LogP contribution in [0.1, 0.15) is 115 Å². The van der Waals surface area contributed by atoms with E-state index in [1.807, 2.05) is 6.07 Å². The van der Waals surface area contributed by atoms with Crippen LogP contribution in [0.5, 0.6) is 0 Å². The molecule has 2 nitrogen and oxygen atoms in total. The molecule has 2 saturated carbocycles. The summed E-state index contributed by atoms with van der Waals surface area (Å²) in [6.45, 7) is 19.1. The molecule has 2 heteroatoms. The fourth-order valence-corrected chi connectivity index (χ4v) is 4.84. The fraction of sp³-hybridized carbons (Fsp3) is 0.459. The van der Waals surface area contributed by atoms with Gasteiger partial charge >= 0.3 is 0 Å². The van der Waals surface area contributed by atoms with Gasteiger partial charge in [0.15, 0.2) is 6.29 Å². The first-order valence-corrected chi connectivity index (χ1v) is 15.0. The van der Waals surface area contributed by atoms with Crippen molar-refractivity contribution >= 4 is 11.9 Å². The average molecular weight is 526 g/mol.